The lowest BCUT2D eigenvalue weighted by Gasteiger charge is -2.15. The Balaban J connectivity index is 2.05. The van der Waals surface area contributed by atoms with Crippen molar-refractivity contribution in [1.29, 1.82) is 0 Å². The van der Waals surface area contributed by atoms with E-state index in [1.54, 1.807) is 25.1 Å². The first kappa shape index (κ1) is 18.1. The number of aryl methyl sites for hydroxylation is 1. The Morgan fingerprint density at radius 1 is 1.17 bits per heavy atom. The average Bonchev–Trinajstić information content (AvgIpc) is 2.52. The Kier molecular flexibility index (Phi) is 5.70. The molecule has 0 aliphatic heterocycles. The van der Waals surface area contributed by atoms with Gasteiger partial charge in [-0.15, -0.1) is 0 Å². The highest BCUT2D eigenvalue weighted by atomic mass is 35.5. The van der Waals surface area contributed by atoms with Gasteiger partial charge in [-0.3, -0.25) is 4.79 Å². The minimum atomic E-state index is -1.08. The normalized spacial score (nSPS) is 11.7. The highest BCUT2D eigenvalue weighted by Gasteiger charge is 2.21. The van der Waals surface area contributed by atoms with Gasteiger partial charge in [-0.25, -0.2) is 4.79 Å². The maximum Gasteiger partial charge on any atom is 0.342 e. The molecule has 126 valence electrons. The van der Waals surface area contributed by atoms with E-state index in [0.29, 0.717) is 10.7 Å². The molecule has 0 saturated heterocycles. The van der Waals surface area contributed by atoms with Crippen molar-refractivity contribution in [3.63, 3.8) is 0 Å². The van der Waals surface area contributed by atoms with Crippen LogP contribution in [0, 0.1) is 6.92 Å². The van der Waals surface area contributed by atoms with Gasteiger partial charge in [0.05, 0.1) is 10.7 Å². The molecule has 7 heteroatoms. The molecular formula is C17H15Cl2NO4. The van der Waals surface area contributed by atoms with Gasteiger partial charge in [-0.05, 0) is 44.2 Å². The summed E-state index contributed by atoms with van der Waals surface area (Å²) in [6.07, 6.45) is -1.08. The van der Waals surface area contributed by atoms with Gasteiger partial charge in [0.2, 0.25) is 0 Å². The monoisotopic (exact) mass is 367 g/mol. The van der Waals surface area contributed by atoms with Gasteiger partial charge < -0.3 is 15.2 Å². The number of nitrogens with one attached hydrogen (secondary N) is 1. The van der Waals surface area contributed by atoms with Crippen LogP contribution in [0.3, 0.4) is 0 Å². The highest BCUT2D eigenvalue weighted by Crippen LogP contribution is 2.26. The van der Waals surface area contributed by atoms with Gasteiger partial charge in [-0.1, -0.05) is 34.8 Å². The van der Waals surface area contributed by atoms with Gasteiger partial charge in [0, 0.05) is 5.02 Å². The summed E-state index contributed by atoms with van der Waals surface area (Å²) in [6, 6.07) is 9.14. The molecular weight excluding hydrogens is 353 g/mol. The summed E-state index contributed by atoms with van der Waals surface area (Å²) >= 11 is 11.8. The van der Waals surface area contributed by atoms with Crippen molar-refractivity contribution in [1.82, 2.24) is 0 Å². The third kappa shape index (κ3) is 4.40. The molecule has 1 atom stereocenters. The summed E-state index contributed by atoms with van der Waals surface area (Å²) in [5.74, 6) is -1.56. The second kappa shape index (κ2) is 7.55. The molecule has 0 radical (unpaired) electrons. The number of hydrogen-bond donors (Lipinski definition) is 2. The number of carbonyl (C=O) groups is 2. The molecule has 0 spiro atoms. The second-order valence-corrected chi connectivity index (χ2v) is 6.03. The molecule has 24 heavy (non-hydrogen) atoms. The molecule has 0 heterocycles. The molecule has 2 N–H and O–H groups in total. The Hall–Kier alpha value is -2.24. The lowest BCUT2D eigenvalue weighted by atomic mass is 10.1. The van der Waals surface area contributed by atoms with Gasteiger partial charge in [-0.2, -0.15) is 0 Å². The number of hydrogen-bond acceptors (Lipinski definition) is 4. The van der Waals surface area contributed by atoms with Gasteiger partial charge in [0.15, 0.2) is 6.10 Å². The van der Waals surface area contributed by atoms with Gasteiger partial charge >= 0.3 is 5.97 Å². The van der Waals surface area contributed by atoms with Crippen molar-refractivity contribution in [3.8, 4) is 5.75 Å². The average molecular weight is 368 g/mol. The van der Waals surface area contributed by atoms with E-state index < -0.39 is 18.0 Å². The first-order valence-electron chi connectivity index (χ1n) is 7.04. The predicted molar refractivity (Wildman–Crippen MR) is 92.8 cm³/mol. The van der Waals surface area contributed by atoms with Crippen LogP contribution < -0.4 is 5.32 Å². The fraction of sp³-hybridized carbons (Fsp3) is 0.176. The molecule has 2 rings (SSSR count). The summed E-state index contributed by atoms with van der Waals surface area (Å²) in [5, 5.41) is 13.0. The van der Waals surface area contributed by atoms with Crippen molar-refractivity contribution in [2.45, 2.75) is 20.0 Å². The van der Waals surface area contributed by atoms with Crippen LogP contribution in [0.1, 0.15) is 22.8 Å². The number of amides is 1. The SMILES string of the molecule is Cc1ccc(O)c(C(=O)OC(C)C(=O)Nc2ccc(Cl)cc2Cl)c1. The summed E-state index contributed by atoms with van der Waals surface area (Å²) in [6.45, 7) is 3.19. The molecule has 0 aliphatic carbocycles. The second-order valence-electron chi connectivity index (χ2n) is 5.18. The van der Waals surface area contributed by atoms with Crippen LogP contribution in [0.2, 0.25) is 10.0 Å². The molecule has 2 aromatic carbocycles. The van der Waals surface area contributed by atoms with E-state index in [4.69, 9.17) is 27.9 Å². The fourth-order valence-corrected chi connectivity index (χ4v) is 2.37. The molecule has 0 fully saturated rings. The quantitative estimate of drug-likeness (QED) is 0.794. The number of rotatable bonds is 4. The van der Waals surface area contributed by atoms with E-state index in [2.05, 4.69) is 5.32 Å². The molecule has 0 bridgehead atoms. The van der Waals surface area contributed by atoms with Gasteiger partial charge in [0.25, 0.3) is 5.91 Å². The van der Waals surface area contributed by atoms with Crippen LogP contribution in [0.15, 0.2) is 36.4 Å². The summed E-state index contributed by atoms with van der Waals surface area (Å²) in [4.78, 5) is 24.2. The smallest absolute Gasteiger partial charge is 0.342 e. The zero-order valence-corrected chi connectivity index (χ0v) is 14.5. The van der Waals surface area contributed by atoms with Crippen LogP contribution >= 0.6 is 23.2 Å². The molecule has 1 amide bonds. The van der Waals surface area contributed by atoms with E-state index in [9.17, 15) is 14.7 Å². The van der Waals surface area contributed by atoms with Crippen molar-refractivity contribution in [2.75, 3.05) is 5.32 Å². The van der Waals surface area contributed by atoms with Crippen molar-refractivity contribution in [3.05, 3.63) is 57.6 Å². The number of halogens is 2. The fourth-order valence-electron chi connectivity index (χ4n) is 1.92. The van der Waals surface area contributed by atoms with E-state index in [0.717, 1.165) is 5.56 Å². The maximum absolute atomic E-state index is 12.1. The summed E-state index contributed by atoms with van der Waals surface area (Å²) < 4.78 is 5.09. The Morgan fingerprint density at radius 2 is 1.88 bits per heavy atom. The van der Waals surface area contributed by atoms with Crippen LogP contribution in [0.25, 0.3) is 0 Å². The zero-order valence-electron chi connectivity index (χ0n) is 13.0. The van der Waals surface area contributed by atoms with Gasteiger partial charge in [0.1, 0.15) is 11.3 Å². The molecule has 1 unspecified atom stereocenters. The molecule has 0 aliphatic rings. The number of anilines is 1. The number of phenolic OH excluding ortho intramolecular Hbond substituents is 1. The summed E-state index contributed by atoms with van der Waals surface area (Å²) in [5.41, 5.74) is 1.14. The number of aromatic hydroxyl groups is 1. The van der Waals surface area contributed by atoms with E-state index in [-0.39, 0.29) is 16.3 Å². The molecule has 0 aromatic heterocycles. The van der Waals surface area contributed by atoms with E-state index in [1.165, 1.54) is 25.1 Å². The standard InChI is InChI=1S/C17H15Cl2NO4/c1-9-3-6-15(21)12(7-9)17(23)24-10(2)16(22)20-14-5-4-11(18)8-13(14)19/h3-8,10,21H,1-2H3,(H,20,22). The van der Waals surface area contributed by atoms with Crippen LogP contribution in [0.5, 0.6) is 5.75 Å². The van der Waals surface area contributed by atoms with E-state index >= 15 is 0 Å². The molecule has 0 saturated carbocycles. The zero-order chi connectivity index (χ0) is 17.9. The Labute approximate surface area is 149 Å². The van der Waals surface area contributed by atoms with Crippen molar-refractivity contribution < 1.29 is 19.4 Å². The highest BCUT2D eigenvalue weighted by molar-refractivity contribution is 6.36. The number of phenols is 1. The Morgan fingerprint density at radius 3 is 2.54 bits per heavy atom. The number of carbonyl (C=O) groups excluding carboxylic acids is 2. The minimum absolute atomic E-state index is 0.000764. The van der Waals surface area contributed by atoms with Crippen molar-refractivity contribution in [2.24, 2.45) is 0 Å². The molecule has 2 aromatic rings. The number of esters is 1. The topological polar surface area (TPSA) is 75.6 Å². The van der Waals surface area contributed by atoms with Crippen LogP contribution in [-0.2, 0) is 9.53 Å². The third-order valence-corrected chi connectivity index (χ3v) is 3.76. The van der Waals surface area contributed by atoms with Crippen molar-refractivity contribution >= 4 is 40.8 Å². The number of benzene rings is 2. The number of ether oxygens (including phenoxy) is 1. The lowest BCUT2D eigenvalue weighted by molar-refractivity contribution is -0.123. The summed E-state index contributed by atoms with van der Waals surface area (Å²) in [7, 11) is 0. The first-order chi connectivity index (χ1) is 11.3. The predicted octanol–water partition coefficient (Wildman–Crippen LogP) is 4.19. The third-order valence-electron chi connectivity index (χ3n) is 3.21. The van der Waals surface area contributed by atoms with E-state index in [1.807, 2.05) is 0 Å². The van der Waals surface area contributed by atoms with Crippen LogP contribution in [-0.4, -0.2) is 23.1 Å². The minimum Gasteiger partial charge on any atom is -0.507 e. The maximum atomic E-state index is 12.1. The lowest BCUT2D eigenvalue weighted by Crippen LogP contribution is -2.30. The first-order valence-corrected chi connectivity index (χ1v) is 7.80. The molecule has 5 nitrogen and oxygen atoms in total. The Bertz CT molecular complexity index is 792. The largest absolute Gasteiger partial charge is 0.507 e. The van der Waals surface area contributed by atoms with Crippen LogP contribution in [0.4, 0.5) is 5.69 Å².